The summed E-state index contributed by atoms with van der Waals surface area (Å²) in [5, 5.41) is 11.1. The summed E-state index contributed by atoms with van der Waals surface area (Å²) < 4.78 is 58.0. The molecule has 6 aliphatic rings. The Kier molecular flexibility index (Phi) is 12.5. The van der Waals surface area contributed by atoms with E-state index in [1.54, 1.807) is 24.3 Å². The molecule has 0 bridgehead atoms. The highest BCUT2D eigenvalue weighted by Crippen LogP contribution is 2.42. The molecule has 6 saturated heterocycles. The van der Waals surface area contributed by atoms with Gasteiger partial charge >= 0.3 is 6.01 Å². The zero-order chi connectivity index (χ0) is 42.6. The average Bonchev–Trinajstić information content (AvgIpc) is 4.11. The average molecular weight is 861 g/mol. The van der Waals surface area contributed by atoms with Crippen LogP contribution in [0.25, 0.3) is 0 Å². The van der Waals surface area contributed by atoms with E-state index in [0.717, 1.165) is 138 Å². The van der Waals surface area contributed by atoms with Crippen LogP contribution >= 0.6 is 0 Å². The summed E-state index contributed by atoms with van der Waals surface area (Å²) in [6.45, 7) is 10.2. The van der Waals surface area contributed by atoms with Gasteiger partial charge in [0.05, 0.1) is 31.9 Å². The first-order valence-electron chi connectivity index (χ1n) is 22.8. The third kappa shape index (κ3) is 9.63. The summed E-state index contributed by atoms with van der Waals surface area (Å²) in [6, 6.07) is 31.6. The van der Waals surface area contributed by atoms with Crippen LogP contribution in [-0.2, 0) is 22.7 Å². The van der Waals surface area contributed by atoms with Crippen molar-refractivity contribution in [1.29, 1.82) is 0 Å². The molecule has 2 atom stereocenters. The zero-order valence-corrected chi connectivity index (χ0v) is 35.9. The molecule has 4 aromatic carbocycles. The fraction of sp³-hybridized carbons (Fsp3) is 0.480. The van der Waals surface area contributed by atoms with Gasteiger partial charge < -0.3 is 33.6 Å². The van der Waals surface area contributed by atoms with E-state index in [2.05, 4.69) is 42.3 Å². The number of anilines is 1. The second-order valence-corrected chi connectivity index (χ2v) is 18.4. The number of nitrogens with zero attached hydrogens (tertiary/aromatic N) is 5. The van der Waals surface area contributed by atoms with Crippen molar-refractivity contribution in [3.8, 4) is 11.5 Å². The molecule has 1 N–H and O–H groups in total. The molecule has 0 saturated carbocycles. The second-order valence-electron chi connectivity index (χ2n) is 18.4. The molecule has 2 spiro atoms. The van der Waals surface area contributed by atoms with Crippen LogP contribution in [0.3, 0.4) is 0 Å². The first kappa shape index (κ1) is 42.1. The molecular formula is C50H58F2N6O5. The van der Waals surface area contributed by atoms with Gasteiger partial charge in [0.15, 0.2) is 0 Å². The van der Waals surface area contributed by atoms with Crippen molar-refractivity contribution in [2.24, 2.45) is 0 Å². The van der Waals surface area contributed by atoms with Crippen molar-refractivity contribution in [3.63, 3.8) is 0 Å². The monoisotopic (exact) mass is 860 g/mol. The first-order valence-corrected chi connectivity index (χ1v) is 22.8. The number of ether oxygens (including phenoxy) is 4. The van der Waals surface area contributed by atoms with Crippen molar-refractivity contribution in [3.05, 3.63) is 137 Å². The second kappa shape index (κ2) is 18.7. The topological polar surface area (TPSA) is 97.6 Å². The van der Waals surface area contributed by atoms with Crippen LogP contribution in [0.15, 0.2) is 108 Å². The van der Waals surface area contributed by atoms with Crippen molar-refractivity contribution in [2.45, 2.75) is 86.9 Å². The number of nitrogens with one attached hydrogen (secondary N) is 1. The van der Waals surface area contributed by atoms with E-state index in [4.69, 9.17) is 23.4 Å². The van der Waals surface area contributed by atoms with Crippen molar-refractivity contribution >= 4 is 6.01 Å². The van der Waals surface area contributed by atoms with Crippen LogP contribution in [0, 0.1) is 11.6 Å². The Bertz CT molecular complexity index is 2240. The van der Waals surface area contributed by atoms with Gasteiger partial charge in [-0.15, -0.1) is 5.10 Å². The Hall–Kier alpha value is -4.92. The maximum absolute atomic E-state index is 14.2. The molecule has 7 heterocycles. The van der Waals surface area contributed by atoms with Crippen molar-refractivity contribution < 1.29 is 32.1 Å². The Balaban J connectivity index is 0.000000152. The highest BCUT2D eigenvalue weighted by Gasteiger charge is 2.52. The molecular weight excluding hydrogens is 803 g/mol. The molecule has 6 fully saturated rings. The Morgan fingerprint density at radius 1 is 0.635 bits per heavy atom. The van der Waals surface area contributed by atoms with Gasteiger partial charge in [0.25, 0.3) is 0 Å². The first-order chi connectivity index (χ1) is 30.9. The molecule has 63 heavy (non-hydrogen) atoms. The number of likely N-dealkylation sites (tertiary alicyclic amines) is 2. The highest BCUT2D eigenvalue weighted by molar-refractivity contribution is 5.39. The SMILES string of the molecule is Fc1ccc(OCc2ccccc2)c(C2CCN(C3COC4(C3)CN(c3nnco3)C4)CC2)c1.Fc1ccc(OCc2ccccc2)c(C2CCN(C3COC4(CNC4)C3)CC2)c1. The largest absolute Gasteiger partial charge is 0.489 e. The van der Waals surface area contributed by atoms with E-state index < -0.39 is 0 Å². The maximum Gasteiger partial charge on any atom is 0.318 e. The minimum Gasteiger partial charge on any atom is -0.489 e. The number of halogens is 2. The van der Waals surface area contributed by atoms with Gasteiger partial charge in [0.1, 0.15) is 41.9 Å². The number of rotatable bonds is 11. The lowest BCUT2D eigenvalue weighted by Crippen LogP contribution is -2.62. The van der Waals surface area contributed by atoms with Gasteiger partial charge in [-0.05, 0) is 124 Å². The van der Waals surface area contributed by atoms with E-state index in [-0.39, 0.29) is 22.8 Å². The zero-order valence-electron chi connectivity index (χ0n) is 35.9. The molecule has 332 valence electrons. The number of hydrogen-bond acceptors (Lipinski definition) is 11. The van der Waals surface area contributed by atoms with Crippen LogP contribution in [0.1, 0.15) is 72.6 Å². The van der Waals surface area contributed by atoms with Gasteiger partial charge in [0.2, 0.25) is 6.39 Å². The van der Waals surface area contributed by atoms with E-state index in [9.17, 15) is 8.78 Å². The quantitative estimate of drug-likeness (QED) is 0.141. The van der Waals surface area contributed by atoms with Crippen LogP contribution < -0.4 is 19.7 Å². The molecule has 0 amide bonds. The van der Waals surface area contributed by atoms with Crippen LogP contribution in [0.4, 0.5) is 14.8 Å². The van der Waals surface area contributed by atoms with Gasteiger partial charge in [-0.1, -0.05) is 65.8 Å². The Morgan fingerprint density at radius 2 is 1.13 bits per heavy atom. The van der Waals surface area contributed by atoms with Gasteiger partial charge in [-0.3, -0.25) is 9.80 Å². The molecule has 5 aromatic rings. The Morgan fingerprint density at radius 3 is 1.57 bits per heavy atom. The lowest BCUT2D eigenvalue weighted by atomic mass is 9.86. The lowest BCUT2D eigenvalue weighted by Gasteiger charge is -2.46. The third-order valence-corrected chi connectivity index (χ3v) is 14.2. The third-order valence-electron chi connectivity index (χ3n) is 14.2. The molecule has 2 unspecified atom stereocenters. The molecule has 0 radical (unpaired) electrons. The smallest absolute Gasteiger partial charge is 0.318 e. The van der Waals surface area contributed by atoms with Gasteiger partial charge in [0, 0.05) is 36.3 Å². The van der Waals surface area contributed by atoms with E-state index in [1.165, 1.54) is 18.5 Å². The van der Waals surface area contributed by atoms with Crippen LogP contribution in [0.5, 0.6) is 11.5 Å². The van der Waals surface area contributed by atoms with Crippen LogP contribution in [0.2, 0.25) is 0 Å². The minimum absolute atomic E-state index is 0.0997. The standard InChI is InChI=1S/C26H29FN4O3.C24H29FN2O2/c27-21-6-7-24(32-14-19-4-2-1-3-5-19)23(12-21)20-8-10-30(11-9-20)22-13-26(34-15-22)16-31(17-26)25-29-28-18-33-25;25-20-6-7-23(28-14-18-4-2-1-3-5-18)22(12-20)19-8-10-27(11-9-19)21-13-24(29-15-21)16-26-17-24/h1-7,12,18,20,22H,8-11,13-17H2;1-7,12,19,21,26H,8-11,13-17H2. The number of aromatic nitrogens is 2. The predicted molar refractivity (Wildman–Crippen MR) is 235 cm³/mol. The van der Waals surface area contributed by atoms with Gasteiger partial charge in [-0.2, -0.15) is 0 Å². The van der Waals surface area contributed by atoms with E-state index in [0.29, 0.717) is 43.1 Å². The summed E-state index contributed by atoms with van der Waals surface area (Å²) in [4.78, 5) is 7.19. The van der Waals surface area contributed by atoms with E-state index >= 15 is 0 Å². The molecule has 11 nitrogen and oxygen atoms in total. The summed E-state index contributed by atoms with van der Waals surface area (Å²) in [5.74, 6) is 1.87. The summed E-state index contributed by atoms with van der Waals surface area (Å²) >= 11 is 0. The molecule has 13 heteroatoms. The fourth-order valence-corrected chi connectivity index (χ4v) is 10.6. The predicted octanol–water partition coefficient (Wildman–Crippen LogP) is 7.73. The van der Waals surface area contributed by atoms with E-state index in [1.807, 2.05) is 48.5 Å². The fourth-order valence-electron chi connectivity index (χ4n) is 10.6. The molecule has 1 aromatic heterocycles. The Labute approximate surface area is 368 Å². The lowest BCUT2D eigenvalue weighted by molar-refractivity contribution is -0.0367. The van der Waals surface area contributed by atoms with Crippen molar-refractivity contribution in [2.75, 3.05) is 70.5 Å². The number of piperidine rings is 2. The summed E-state index contributed by atoms with van der Waals surface area (Å²) in [6.07, 6.45) is 7.56. The highest BCUT2D eigenvalue weighted by atomic mass is 19.1. The van der Waals surface area contributed by atoms with Gasteiger partial charge in [-0.25, -0.2) is 8.78 Å². The summed E-state index contributed by atoms with van der Waals surface area (Å²) in [5.41, 5.74) is 4.24. The summed E-state index contributed by atoms with van der Waals surface area (Å²) in [7, 11) is 0. The van der Waals surface area contributed by atoms with Crippen LogP contribution in [-0.4, -0.2) is 109 Å². The molecule has 0 aliphatic carbocycles. The number of benzene rings is 4. The maximum atomic E-state index is 14.2. The van der Waals surface area contributed by atoms with Crippen molar-refractivity contribution in [1.82, 2.24) is 25.3 Å². The number of hydrogen-bond donors (Lipinski definition) is 1. The minimum atomic E-state index is -0.202. The molecule has 11 rings (SSSR count). The molecule has 6 aliphatic heterocycles. The normalized spacial score (nSPS) is 23.6.